The summed E-state index contributed by atoms with van der Waals surface area (Å²) in [5.74, 6) is -0.136. The van der Waals surface area contributed by atoms with Gasteiger partial charge in [-0.05, 0) is 51.6 Å². The molecule has 1 N–H and O–H groups in total. The number of aromatic nitrogens is 2. The summed E-state index contributed by atoms with van der Waals surface area (Å²) in [4.78, 5) is 14.8. The normalized spacial score (nSPS) is 29.8. The zero-order chi connectivity index (χ0) is 17.8. The van der Waals surface area contributed by atoms with Crippen molar-refractivity contribution in [2.24, 2.45) is 0 Å². The van der Waals surface area contributed by atoms with Gasteiger partial charge in [0.25, 0.3) is 0 Å². The van der Waals surface area contributed by atoms with E-state index in [2.05, 4.69) is 22.4 Å². The number of amides is 1. The van der Waals surface area contributed by atoms with E-state index in [0.717, 1.165) is 44.6 Å². The summed E-state index contributed by atoms with van der Waals surface area (Å²) in [6.45, 7) is -0.135. The van der Waals surface area contributed by atoms with Crippen LogP contribution in [-0.2, 0) is 17.5 Å². The first-order chi connectivity index (χ1) is 11.8. The topological polar surface area (TPSA) is 50.2 Å². The first-order valence-corrected chi connectivity index (χ1v) is 8.97. The van der Waals surface area contributed by atoms with Crippen LogP contribution in [-0.4, -0.2) is 45.8 Å². The third kappa shape index (κ3) is 3.41. The van der Waals surface area contributed by atoms with E-state index >= 15 is 0 Å². The lowest BCUT2D eigenvalue weighted by molar-refractivity contribution is -0.141. The number of rotatable bonds is 4. The lowest BCUT2D eigenvalue weighted by Crippen LogP contribution is -2.49. The molecule has 1 saturated carbocycles. The van der Waals surface area contributed by atoms with Gasteiger partial charge >= 0.3 is 6.18 Å². The number of nitrogens with one attached hydrogen (secondary N) is 1. The van der Waals surface area contributed by atoms with Crippen molar-refractivity contribution in [2.45, 2.75) is 75.3 Å². The van der Waals surface area contributed by atoms with Crippen LogP contribution in [0.5, 0.6) is 0 Å². The zero-order valence-electron chi connectivity index (χ0n) is 14.2. The molecule has 3 aliphatic rings. The predicted octanol–water partition coefficient (Wildman–Crippen LogP) is 2.52. The van der Waals surface area contributed by atoms with Crippen molar-refractivity contribution in [1.82, 2.24) is 20.0 Å². The van der Waals surface area contributed by atoms with E-state index in [1.807, 2.05) is 0 Å². The Hall–Kier alpha value is -1.57. The van der Waals surface area contributed by atoms with E-state index in [4.69, 9.17) is 0 Å². The van der Waals surface area contributed by atoms with E-state index in [0.29, 0.717) is 17.8 Å². The number of hydrogen-bond acceptors (Lipinski definition) is 3. The molecular weight excluding hydrogens is 333 g/mol. The lowest BCUT2D eigenvalue weighted by Gasteiger charge is -2.36. The second kappa shape index (κ2) is 6.00. The molecule has 8 heteroatoms. The third-order valence-electron chi connectivity index (χ3n) is 5.85. The Morgan fingerprint density at radius 3 is 2.44 bits per heavy atom. The van der Waals surface area contributed by atoms with Gasteiger partial charge in [-0.1, -0.05) is 0 Å². The number of nitrogens with zero attached hydrogens (tertiary/aromatic N) is 3. The first-order valence-electron chi connectivity index (χ1n) is 8.97. The summed E-state index contributed by atoms with van der Waals surface area (Å²) < 4.78 is 40.0. The SMILES string of the molecule is CN1C2CCC1CC(NC(=O)Cn1nc(C(F)(F)F)cc1C1CC1)C2. The van der Waals surface area contributed by atoms with Crippen LogP contribution in [0.4, 0.5) is 13.2 Å². The molecule has 138 valence electrons. The Bertz CT molecular complexity index is 653. The van der Waals surface area contributed by atoms with Gasteiger partial charge in [-0.15, -0.1) is 0 Å². The molecule has 4 rings (SSSR count). The van der Waals surface area contributed by atoms with Gasteiger partial charge in [0, 0.05) is 29.7 Å². The maximum Gasteiger partial charge on any atom is 0.435 e. The van der Waals surface area contributed by atoms with Crippen molar-refractivity contribution in [3.63, 3.8) is 0 Å². The number of hydrogen-bond donors (Lipinski definition) is 1. The van der Waals surface area contributed by atoms with Crippen LogP contribution < -0.4 is 5.32 Å². The van der Waals surface area contributed by atoms with Crippen molar-refractivity contribution < 1.29 is 18.0 Å². The maximum absolute atomic E-state index is 12.9. The molecule has 0 spiro atoms. The monoisotopic (exact) mass is 356 g/mol. The van der Waals surface area contributed by atoms with Crippen LogP contribution in [0, 0.1) is 0 Å². The summed E-state index contributed by atoms with van der Waals surface area (Å²) in [7, 11) is 2.13. The highest BCUT2D eigenvalue weighted by atomic mass is 19.4. The Labute approximate surface area is 144 Å². The fourth-order valence-electron chi connectivity index (χ4n) is 4.34. The average Bonchev–Trinajstić information content (AvgIpc) is 3.24. The maximum atomic E-state index is 12.9. The molecule has 1 aliphatic carbocycles. The van der Waals surface area contributed by atoms with Gasteiger partial charge in [-0.3, -0.25) is 9.48 Å². The van der Waals surface area contributed by atoms with Crippen LogP contribution in [0.25, 0.3) is 0 Å². The van der Waals surface area contributed by atoms with E-state index in [9.17, 15) is 18.0 Å². The Balaban J connectivity index is 1.42. The summed E-state index contributed by atoms with van der Waals surface area (Å²) in [5.41, 5.74) is -0.370. The molecule has 3 heterocycles. The van der Waals surface area contributed by atoms with Crippen LogP contribution in [0.15, 0.2) is 6.07 Å². The average molecular weight is 356 g/mol. The number of carbonyl (C=O) groups is 1. The van der Waals surface area contributed by atoms with E-state index < -0.39 is 11.9 Å². The second-order valence-electron chi connectivity index (χ2n) is 7.67. The van der Waals surface area contributed by atoms with Crippen LogP contribution in [0.1, 0.15) is 55.8 Å². The second-order valence-corrected chi connectivity index (χ2v) is 7.67. The summed E-state index contributed by atoms with van der Waals surface area (Å²) in [6, 6.07) is 2.23. The molecule has 0 radical (unpaired) electrons. The number of halogens is 3. The summed E-state index contributed by atoms with van der Waals surface area (Å²) in [5, 5.41) is 6.67. The molecule has 5 nitrogen and oxygen atoms in total. The molecule has 1 aromatic rings. The van der Waals surface area contributed by atoms with Gasteiger partial charge in [-0.25, -0.2) is 0 Å². The van der Waals surface area contributed by atoms with E-state index in [1.54, 1.807) is 0 Å². The minimum Gasteiger partial charge on any atom is -0.352 e. The van der Waals surface area contributed by atoms with Crippen molar-refractivity contribution in [3.05, 3.63) is 17.5 Å². The number of alkyl halides is 3. The minimum atomic E-state index is -4.47. The quantitative estimate of drug-likeness (QED) is 0.902. The van der Waals surface area contributed by atoms with Crippen molar-refractivity contribution in [2.75, 3.05) is 7.05 Å². The molecule has 1 amide bonds. The standard InChI is InChI=1S/C17H23F3N4O/c1-23-12-4-5-13(23)7-11(6-12)21-16(25)9-24-14(10-2-3-10)8-15(22-24)17(18,19)20/h8,10-13H,2-7,9H2,1H3,(H,21,25). The van der Waals surface area contributed by atoms with Crippen molar-refractivity contribution in [3.8, 4) is 0 Å². The zero-order valence-corrected chi connectivity index (χ0v) is 14.2. The highest BCUT2D eigenvalue weighted by Crippen LogP contribution is 2.42. The molecule has 2 unspecified atom stereocenters. The molecule has 2 atom stereocenters. The van der Waals surface area contributed by atoms with Crippen LogP contribution >= 0.6 is 0 Å². The molecule has 2 aliphatic heterocycles. The first kappa shape index (κ1) is 16.9. The highest BCUT2D eigenvalue weighted by Gasteiger charge is 2.40. The fraction of sp³-hybridized carbons (Fsp3) is 0.765. The van der Waals surface area contributed by atoms with Gasteiger partial charge in [-0.2, -0.15) is 18.3 Å². The molecule has 2 saturated heterocycles. The molecular formula is C17H23F3N4O. The molecule has 3 fully saturated rings. The van der Waals surface area contributed by atoms with Gasteiger partial charge in [0.05, 0.1) is 0 Å². The summed E-state index contributed by atoms with van der Waals surface area (Å²) in [6.07, 6.45) is 1.41. The molecule has 1 aromatic heterocycles. The lowest BCUT2D eigenvalue weighted by atomic mass is 9.98. The Kier molecular flexibility index (Phi) is 4.05. The summed E-state index contributed by atoms with van der Waals surface area (Å²) >= 11 is 0. The van der Waals surface area contributed by atoms with Crippen LogP contribution in [0.2, 0.25) is 0 Å². The molecule has 25 heavy (non-hydrogen) atoms. The van der Waals surface area contributed by atoms with Gasteiger partial charge < -0.3 is 10.2 Å². The van der Waals surface area contributed by atoms with E-state index in [1.165, 1.54) is 4.68 Å². The Morgan fingerprint density at radius 1 is 1.24 bits per heavy atom. The number of piperidine rings is 1. The van der Waals surface area contributed by atoms with Gasteiger partial charge in [0.15, 0.2) is 5.69 Å². The van der Waals surface area contributed by atoms with Gasteiger partial charge in [0.2, 0.25) is 5.91 Å². The fourth-order valence-corrected chi connectivity index (χ4v) is 4.34. The van der Waals surface area contributed by atoms with Crippen molar-refractivity contribution in [1.29, 1.82) is 0 Å². The Morgan fingerprint density at radius 2 is 1.88 bits per heavy atom. The predicted molar refractivity (Wildman–Crippen MR) is 84.9 cm³/mol. The molecule has 0 aromatic carbocycles. The third-order valence-corrected chi connectivity index (χ3v) is 5.85. The smallest absolute Gasteiger partial charge is 0.352 e. The highest BCUT2D eigenvalue weighted by molar-refractivity contribution is 5.76. The van der Waals surface area contributed by atoms with Crippen LogP contribution in [0.3, 0.4) is 0 Å². The van der Waals surface area contributed by atoms with E-state index in [-0.39, 0.29) is 24.4 Å². The van der Waals surface area contributed by atoms with Gasteiger partial charge in [0.1, 0.15) is 6.54 Å². The molecule has 2 bridgehead atoms. The largest absolute Gasteiger partial charge is 0.435 e. The minimum absolute atomic E-state index is 0.107. The van der Waals surface area contributed by atoms with Crippen molar-refractivity contribution >= 4 is 5.91 Å². The number of fused-ring (bicyclic) bond motifs is 2. The number of carbonyl (C=O) groups excluding carboxylic acids is 1.